The van der Waals surface area contributed by atoms with Crippen molar-refractivity contribution in [3.8, 4) is 18.2 Å². The molecule has 0 fully saturated rings. The molecule has 1 rings (SSSR count). The molecule has 0 spiro atoms. The third kappa shape index (κ3) is 11.4. The van der Waals surface area contributed by atoms with Gasteiger partial charge < -0.3 is 4.18 Å². The number of halogens is 3. The van der Waals surface area contributed by atoms with Gasteiger partial charge in [-0.05, 0) is 31.9 Å². The molecular formula is C16H22F3N3O3RuS. The van der Waals surface area contributed by atoms with E-state index in [0.717, 1.165) is 11.1 Å². The fourth-order valence-corrected chi connectivity index (χ4v) is 2.23. The maximum Gasteiger partial charge on any atom is 0.534 e. The fraction of sp³-hybridized carbons (Fsp3) is 0.562. The standard InChI is InChI=1S/C10H13F3O3S.3C2H3N.Ru/c1-5-6(2)8(4)9(7(5)3)16-17(14,15)10(11,12)13;3*1-2-3;/h7H,1-4H3;3*1H3;. The van der Waals surface area contributed by atoms with Crippen molar-refractivity contribution in [1.82, 2.24) is 0 Å². The maximum absolute atomic E-state index is 12.2. The summed E-state index contributed by atoms with van der Waals surface area (Å²) in [5, 5.41) is 22.0. The minimum atomic E-state index is -5.58. The number of hydrogen-bond acceptors (Lipinski definition) is 6. The van der Waals surface area contributed by atoms with Crippen molar-refractivity contribution in [3.63, 3.8) is 0 Å². The Morgan fingerprint density at radius 3 is 1.41 bits per heavy atom. The van der Waals surface area contributed by atoms with Crippen molar-refractivity contribution in [1.29, 1.82) is 15.8 Å². The Hall–Kier alpha value is -1.89. The molecular weight excluding hydrogens is 472 g/mol. The molecule has 0 saturated heterocycles. The molecule has 0 aromatic heterocycles. The van der Waals surface area contributed by atoms with Gasteiger partial charge in [-0.15, -0.1) is 0 Å². The van der Waals surface area contributed by atoms with Crippen LogP contribution in [0.2, 0.25) is 0 Å². The molecule has 0 aromatic carbocycles. The van der Waals surface area contributed by atoms with Crippen LogP contribution in [0, 0.1) is 39.9 Å². The number of rotatable bonds is 2. The summed E-state index contributed by atoms with van der Waals surface area (Å²) < 4.78 is 62.6. The summed E-state index contributed by atoms with van der Waals surface area (Å²) in [6.45, 7) is 10.9. The predicted octanol–water partition coefficient (Wildman–Crippen LogP) is 4.70. The summed E-state index contributed by atoms with van der Waals surface area (Å²) in [5.41, 5.74) is -3.37. The van der Waals surface area contributed by atoms with E-state index in [4.69, 9.17) is 15.8 Å². The van der Waals surface area contributed by atoms with E-state index in [1.807, 2.05) is 0 Å². The van der Waals surface area contributed by atoms with E-state index >= 15 is 0 Å². The summed E-state index contributed by atoms with van der Waals surface area (Å²) in [7, 11) is -5.58. The van der Waals surface area contributed by atoms with E-state index in [0.29, 0.717) is 5.57 Å². The van der Waals surface area contributed by atoms with Crippen LogP contribution < -0.4 is 0 Å². The topological polar surface area (TPSA) is 115 Å². The fourth-order valence-electron chi connectivity index (χ4n) is 1.63. The van der Waals surface area contributed by atoms with Crippen molar-refractivity contribution in [2.24, 2.45) is 5.92 Å². The first-order chi connectivity index (χ1) is 11.7. The SMILES string of the molecule is CC#N.CC#N.CC#N.CC1=C(C)C(C)C(OS(=O)(=O)C(F)(F)F)=C1C.[Ru]. The van der Waals surface area contributed by atoms with Crippen LogP contribution in [0.1, 0.15) is 48.5 Å². The van der Waals surface area contributed by atoms with Crippen LogP contribution in [0.5, 0.6) is 0 Å². The number of nitrogens with zero attached hydrogens (tertiary/aromatic N) is 3. The minimum Gasteiger partial charge on any atom is -0.380 e. The first-order valence-corrected chi connectivity index (χ1v) is 8.46. The molecule has 6 nitrogen and oxygen atoms in total. The quantitative estimate of drug-likeness (QED) is 0.312. The molecule has 0 amide bonds. The largest absolute Gasteiger partial charge is 0.534 e. The average molecular weight is 495 g/mol. The molecule has 154 valence electrons. The van der Waals surface area contributed by atoms with E-state index < -0.39 is 21.5 Å². The van der Waals surface area contributed by atoms with Crippen LogP contribution in [0.3, 0.4) is 0 Å². The second-order valence-corrected chi connectivity index (χ2v) is 6.21. The Bertz CT molecular complexity index is 724. The molecule has 0 radical (unpaired) electrons. The summed E-state index contributed by atoms with van der Waals surface area (Å²) in [4.78, 5) is 0. The Morgan fingerprint density at radius 2 is 1.22 bits per heavy atom. The Labute approximate surface area is 171 Å². The maximum atomic E-state index is 12.2. The van der Waals surface area contributed by atoms with Gasteiger partial charge >= 0.3 is 15.6 Å². The summed E-state index contributed by atoms with van der Waals surface area (Å²) in [6, 6.07) is 5.25. The van der Waals surface area contributed by atoms with Crippen molar-refractivity contribution >= 4 is 10.1 Å². The van der Waals surface area contributed by atoms with E-state index in [1.165, 1.54) is 20.8 Å². The zero-order chi connectivity index (χ0) is 21.7. The molecule has 27 heavy (non-hydrogen) atoms. The number of nitriles is 3. The third-order valence-electron chi connectivity index (χ3n) is 3.05. The van der Waals surface area contributed by atoms with Gasteiger partial charge in [0.15, 0.2) is 0 Å². The van der Waals surface area contributed by atoms with Crippen LogP contribution in [0.25, 0.3) is 0 Å². The molecule has 11 heteroatoms. The number of hydrogen-bond donors (Lipinski definition) is 0. The van der Waals surface area contributed by atoms with Gasteiger partial charge in [-0.3, -0.25) is 0 Å². The number of alkyl halides is 3. The molecule has 0 saturated carbocycles. The Balaban J connectivity index is -0.000000224. The molecule has 1 unspecified atom stereocenters. The van der Waals surface area contributed by atoms with Gasteiger partial charge in [-0.25, -0.2) is 0 Å². The van der Waals surface area contributed by atoms with Crippen LogP contribution >= 0.6 is 0 Å². The van der Waals surface area contributed by atoms with Crippen molar-refractivity contribution in [3.05, 3.63) is 22.5 Å². The van der Waals surface area contributed by atoms with Crippen molar-refractivity contribution in [2.45, 2.75) is 54.0 Å². The van der Waals surface area contributed by atoms with Crippen molar-refractivity contribution in [2.75, 3.05) is 0 Å². The van der Waals surface area contributed by atoms with Gasteiger partial charge in [-0.2, -0.15) is 37.4 Å². The second kappa shape index (κ2) is 15.2. The van der Waals surface area contributed by atoms with E-state index in [9.17, 15) is 21.6 Å². The predicted molar refractivity (Wildman–Crippen MR) is 90.2 cm³/mol. The summed E-state index contributed by atoms with van der Waals surface area (Å²) >= 11 is 0. The van der Waals surface area contributed by atoms with Crippen LogP contribution in [-0.4, -0.2) is 13.9 Å². The van der Waals surface area contributed by atoms with Crippen LogP contribution in [0.4, 0.5) is 13.2 Å². The second-order valence-electron chi connectivity index (χ2n) is 4.67. The summed E-state index contributed by atoms with van der Waals surface area (Å²) in [5.74, 6) is -0.593. The molecule has 1 aliphatic carbocycles. The Kier molecular flexibility index (Phi) is 18.4. The number of allylic oxidation sites excluding steroid dienone is 3. The molecule has 1 aliphatic rings. The molecule has 0 aliphatic heterocycles. The first kappa shape index (κ1) is 32.8. The van der Waals surface area contributed by atoms with Gasteiger partial charge in [0.25, 0.3) is 0 Å². The van der Waals surface area contributed by atoms with E-state index in [2.05, 4.69) is 4.18 Å². The average Bonchev–Trinajstić information content (AvgIpc) is 2.66. The van der Waals surface area contributed by atoms with Gasteiger partial charge in [0, 0.05) is 46.2 Å². The van der Waals surface area contributed by atoms with Gasteiger partial charge in [-0.1, -0.05) is 12.5 Å². The van der Waals surface area contributed by atoms with Gasteiger partial charge in [0.2, 0.25) is 0 Å². The van der Waals surface area contributed by atoms with Crippen molar-refractivity contribution < 1.29 is 45.3 Å². The molecule has 0 N–H and O–H groups in total. The van der Waals surface area contributed by atoms with E-state index in [1.54, 1.807) is 45.9 Å². The minimum absolute atomic E-state index is 0. The molecule has 0 aromatic rings. The zero-order valence-electron chi connectivity index (χ0n) is 16.0. The smallest absolute Gasteiger partial charge is 0.380 e. The zero-order valence-corrected chi connectivity index (χ0v) is 18.6. The van der Waals surface area contributed by atoms with Crippen LogP contribution in [-0.2, 0) is 33.8 Å². The first-order valence-electron chi connectivity index (χ1n) is 7.05. The molecule has 1 atom stereocenters. The molecule has 0 heterocycles. The normalized spacial score (nSPS) is 15.0. The third-order valence-corrected chi connectivity index (χ3v) is 4.02. The Morgan fingerprint density at radius 1 is 0.926 bits per heavy atom. The molecule has 0 bridgehead atoms. The van der Waals surface area contributed by atoms with Gasteiger partial charge in [0.05, 0.1) is 18.2 Å². The van der Waals surface area contributed by atoms with Crippen LogP contribution in [0.15, 0.2) is 22.5 Å². The summed E-state index contributed by atoms with van der Waals surface area (Å²) in [6.07, 6.45) is 0. The van der Waals surface area contributed by atoms with Gasteiger partial charge in [0.1, 0.15) is 5.76 Å². The monoisotopic (exact) mass is 495 g/mol. The van der Waals surface area contributed by atoms with E-state index in [-0.39, 0.29) is 25.2 Å².